The van der Waals surface area contributed by atoms with E-state index in [4.69, 9.17) is 0 Å². The predicted octanol–water partition coefficient (Wildman–Crippen LogP) is 0.791. The molecule has 8 nitrogen and oxygen atoms in total. The second-order valence-electron chi connectivity index (χ2n) is 3.88. The Morgan fingerprint density at radius 2 is 2.15 bits per heavy atom. The van der Waals surface area contributed by atoms with Crippen molar-refractivity contribution in [2.45, 2.75) is 5.03 Å². The molecule has 3 heterocycles. The van der Waals surface area contributed by atoms with Gasteiger partial charge in [0.2, 0.25) is 0 Å². The molecule has 0 atom stereocenters. The highest BCUT2D eigenvalue weighted by molar-refractivity contribution is 7.92. The van der Waals surface area contributed by atoms with Crippen molar-refractivity contribution in [3.05, 3.63) is 49.3 Å². The Kier molecular flexibility index (Phi) is 2.95. The van der Waals surface area contributed by atoms with Gasteiger partial charge in [-0.1, -0.05) is 0 Å². The summed E-state index contributed by atoms with van der Waals surface area (Å²) in [6.07, 6.45) is 7.33. The van der Waals surface area contributed by atoms with E-state index in [-0.39, 0.29) is 5.03 Å². The van der Waals surface area contributed by atoms with Crippen LogP contribution in [0.5, 0.6) is 0 Å². The molecule has 9 heteroatoms. The maximum atomic E-state index is 11.9. The maximum absolute atomic E-state index is 11.9. The molecule has 0 fully saturated rings. The molecule has 0 saturated carbocycles. The van der Waals surface area contributed by atoms with E-state index in [1.165, 1.54) is 18.7 Å². The van der Waals surface area contributed by atoms with E-state index in [1.807, 2.05) is 0 Å². The monoisotopic (exact) mass is 290 g/mol. The van der Waals surface area contributed by atoms with Crippen LogP contribution in [0.1, 0.15) is 0 Å². The second kappa shape index (κ2) is 4.78. The summed E-state index contributed by atoms with van der Waals surface area (Å²) in [5.74, 6) is 0.597. The number of nitrogens with one attached hydrogen (secondary N) is 2. The second-order valence-corrected chi connectivity index (χ2v) is 5.53. The lowest BCUT2D eigenvalue weighted by molar-refractivity contribution is 0.598. The molecule has 0 bridgehead atoms. The summed E-state index contributed by atoms with van der Waals surface area (Å²) in [5, 5.41) is 4.03. The molecule has 0 saturated heterocycles. The van der Waals surface area contributed by atoms with E-state index >= 15 is 0 Å². The first-order valence-corrected chi connectivity index (χ1v) is 7.11. The highest BCUT2D eigenvalue weighted by atomic mass is 32.2. The average Bonchev–Trinajstić information content (AvgIpc) is 3.13. The van der Waals surface area contributed by atoms with Gasteiger partial charge >= 0.3 is 0 Å². The van der Waals surface area contributed by atoms with Crippen LogP contribution in [0.25, 0.3) is 5.82 Å². The van der Waals surface area contributed by atoms with E-state index in [2.05, 4.69) is 24.8 Å². The minimum absolute atomic E-state index is 0.00588. The number of rotatable bonds is 4. The Hall–Kier alpha value is -2.68. The van der Waals surface area contributed by atoms with Crippen LogP contribution in [0, 0.1) is 0 Å². The predicted molar refractivity (Wildman–Crippen MR) is 70.8 cm³/mol. The number of aromatic nitrogens is 5. The Morgan fingerprint density at radius 3 is 2.75 bits per heavy atom. The van der Waals surface area contributed by atoms with Crippen molar-refractivity contribution < 1.29 is 8.42 Å². The van der Waals surface area contributed by atoms with Crippen LogP contribution in [0.4, 0.5) is 5.69 Å². The molecule has 0 aliphatic carbocycles. The third-order valence-electron chi connectivity index (χ3n) is 2.50. The van der Waals surface area contributed by atoms with Gasteiger partial charge in [-0.15, -0.1) is 0 Å². The van der Waals surface area contributed by atoms with E-state index < -0.39 is 10.0 Å². The van der Waals surface area contributed by atoms with Gasteiger partial charge in [-0.25, -0.2) is 14.6 Å². The third kappa shape index (κ3) is 2.38. The summed E-state index contributed by atoms with van der Waals surface area (Å²) in [6, 6.07) is 5.05. The summed E-state index contributed by atoms with van der Waals surface area (Å²) in [4.78, 5) is 10.3. The number of pyridine rings is 1. The smallest absolute Gasteiger partial charge is 0.279 e. The van der Waals surface area contributed by atoms with Crippen LogP contribution in [0.3, 0.4) is 0 Å². The van der Waals surface area contributed by atoms with E-state index in [1.54, 1.807) is 35.3 Å². The van der Waals surface area contributed by atoms with Crippen LogP contribution in [0.15, 0.2) is 54.3 Å². The first kappa shape index (κ1) is 12.4. The molecule has 0 unspecified atom stereocenters. The molecule has 3 aromatic heterocycles. The molecule has 0 aromatic carbocycles. The van der Waals surface area contributed by atoms with Crippen molar-refractivity contribution in [1.29, 1.82) is 0 Å². The van der Waals surface area contributed by atoms with Crippen LogP contribution in [-0.2, 0) is 10.0 Å². The fourth-order valence-corrected chi connectivity index (χ4v) is 2.53. The zero-order valence-electron chi connectivity index (χ0n) is 10.1. The number of hydrogen-bond acceptors (Lipinski definition) is 5. The zero-order valence-corrected chi connectivity index (χ0v) is 10.9. The Balaban J connectivity index is 1.83. The first-order valence-electron chi connectivity index (χ1n) is 5.62. The SMILES string of the molecule is O=S(=O)(Nc1ccc(-n2cccn2)nc1)c1cnc[nH]1. The fourth-order valence-electron chi connectivity index (χ4n) is 1.59. The number of nitrogens with zero attached hydrogens (tertiary/aromatic N) is 4. The van der Waals surface area contributed by atoms with Crippen LogP contribution < -0.4 is 4.72 Å². The number of H-pyrrole nitrogens is 1. The molecule has 0 aliphatic rings. The van der Waals surface area contributed by atoms with E-state index in [0.717, 1.165) is 0 Å². The van der Waals surface area contributed by atoms with Crippen molar-refractivity contribution in [1.82, 2.24) is 24.7 Å². The number of aromatic amines is 1. The van der Waals surface area contributed by atoms with Gasteiger partial charge in [-0.3, -0.25) is 4.72 Å². The summed E-state index contributed by atoms with van der Waals surface area (Å²) >= 11 is 0. The lowest BCUT2D eigenvalue weighted by Crippen LogP contribution is -2.13. The molecular formula is C11H10N6O2S. The maximum Gasteiger partial charge on any atom is 0.279 e. The fraction of sp³-hybridized carbons (Fsp3) is 0. The number of sulfonamides is 1. The molecule has 0 amide bonds. The number of anilines is 1. The summed E-state index contributed by atoms with van der Waals surface area (Å²) in [5.41, 5.74) is 0.357. The topological polar surface area (TPSA) is 106 Å². The molecule has 0 aliphatic heterocycles. The number of imidazole rings is 1. The molecule has 3 aromatic rings. The molecule has 0 radical (unpaired) electrons. The largest absolute Gasteiger partial charge is 0.334 e. The Morgan fingerprint density at radius 1 is 1.25 bits per heavy atom. The van der Waals surface area contributed by atoms with Gasteiger partial charge in [0.15, 0.2) is 10.8 Å². The van der Waals surface area contributed by atoms with Crippen molar-refractivity contribution in [3.63, 3.8) is 0 Å². The van der Waals surface area contributed by atoms with Gasteiger partial charge in [0, 0.05) is 12.4 Å². The Bertz CT molecular complexity index is 778. The van der Waals surface area contributed by atoms with Crippen LogP contribution in [0.2, 0.25) is 0 Å². The molecule has 0 spiro atoms. The van der Waals surface area contributed by atoms with Gasteiger partial charge in [-0.2, -0.15) is 13.5 Å². The summed E-state index contributed by atoms with van der Waals surface area (Å²) in [6.45, 7) is 0. The summed E-state index contributed by atoms with van der Waals surface area (Å²) < 4.78 is 27.9. The van der Waals surface area contributed by atoms with E-state index in [0.29, 0.717) is 11.5 Å². The molecule has 102 valence electrons. The quantitative estimate of drug-likeness (QED) is 0.739. The molecule has 3 rings (SSSR count). The van der Waals surface area contributed by atoms with Crippen molar-refractivity contribution in [2.75, 3.05) is 4.72 Å². The Labute approximate surface area is 114 Å². The lowest BCUT2D eigenvalue weighted by Gasteiger charge is -2.06. The zero-order chi connectivity index (χ0) is 14.0. The highest BCUT2D eigenvalue weighted by Gasteiger charge is 2.15. The van der Waals surface area contributed by atoms with Crippen LogP contribution >= 0.6 is 0 Å². The minimum atomic E-state index is -3.67. The van der Waals surface area contributed by atoms with Gasteiger partial charge in [0.25, 0.3) is 10.0 Å². The highest BCUT2D eigenvalue weighted by Crippen LogP contribution is 2.14. The van der Waals surface area contributed by atoms with Gasteiger partial charge < -0.3 is 4.98 Å². The van der Waals surface area contributed by atoms with Gasteiger partial charge in [0.1, 0.15) is 0 Å². The molecule has 2 N–H and O–H groups in total. The van der Waals surface area contributed by atoms with Crippen molar-refractivity contribution >= 4 is 15.7 Å². The van der Waals surface area contributed by atoms with Gasteiger partial charge in [-0.05, 0) is 18.2 Å². The summed E-state index contributed by atoms with van der Waals surface area (Å²) in [7, 11) is -3.67. The molecular weight excluding hydrogens is 280 g/mol. The van der Waals surface area contributed by atoms with Crippen LogP contribution in [-0.4, -0.2) is 33.2 Å². The van der Waals surface area contributed by atoms with Gasteiger partial charge in [0.05, 0.1) is 24.4 Å². The third-order valence-corrected chi connectivity index (χ3v) is 3.81. The normalized spacial score (nSPS) is 11.4. The number of hydrogen-bond donors (Lipinski definition) is 2. The average molecular weight is 290 g/mol. The molecule has 20 heavy (non-hydrogen) atoms. The van der Waals surface area contributed by atoms with Crippen molar-refractivity contribution in [3.8, 4) is 5.82 Å². The standard InChI is InChI=1S/C11H10N6O2S/c18-20(19,11-7-12-8-14-11)16-9-2-3-10(13-6-9)17-5-1-4-15-17/h1-8,16H,(H,12,14). The minimum Gasteiger partial charge on any atom is -0.334 e. The van der Waals surface area contributed by atoms with Crippen molar-refractivity contribution in [2.24, 2.45) is 0 Å². The first-order chi connectivity index (χ1) is 9.65. The van der Waals surface area contributed by atoms with E-state index in [9.17, 15) is 8.42 Å². The lowest BCUT2D eigenvalue weighted by atomic mass is 10.4.